The molecule has 1 aromatic heterocycles. The summed E-state index contributed by atoms with van der Waals surface area (Å²) >= 11 is 0. The van der Waals surface area contributed by atoms with Crippen LogP contribution in [0.5, 0.6) is 0 Å². The molecule has 0 aliphatic carbocycles. The summed E-state index contributed by atoms with van der Waals surface area (Å²) in [7, 11) is 0. The zero-order chi connectivity index (χ0) is 15.2. The van der Waals surface area contributed by atoms with Crippen molar-refractivity contribution in [3.63, 3.8) is 0 Å². The highest BCUT2D eigenvalue weighted by Gasteiger charge is 2.09. The van der Waals surface area contributed by atoms with Crippen molar-refractivity contribution in [1.29, 1.82) is 0 Å². The summed E-state index contributed by atoms with van der Waals surface area (Å²) in [5.41, 5.74) is 2.74. The monoisotopic (exact) mass is 291 g/mol. The van der Waals surface area contributed by atoms with Crippen molar-refractivity contribution in [2.75, 3.05) is 25.1 Å². The van der Waals surface area contributed by atoms with Gasteiger partial charge in [-0.1, -0.05) is 0 Å². The predicted molar refractivity (Wildman–Crippen MR) is 82.6 cm³/mol. The molecule has 1 aromatic carbocycles. The van der Waals surface area contributed by atoms with Gasteiger partial charge in [0.1, 0.15) is 5.82 Å². The zero-order valence-electron chi connectivity index (χ0n) is 12.8. The Morgan fingerprint density at radius 1 is 1.33 bits per heavy atom. The van der Waals surface area contributed by atoms with Crippen LogP contribution in [0.25, 0.3) is 5.69 Å². The molecule has 0 amide bonds. The first-order chi connectivity index (χ1) is 10.1. The number of nitrogens with zero attached hydrogens (tertiary/aromatic N) is 2. The molecule has 0 bridgehead atoms. The minimum atomic E-state index is -0.223. The molecule has 1 heterocycles. The molecule has 4 nitrogen and oxygen atoms in total. The van der Waals surface area contributed by atoms with Gasteiger partial charge in [-0.3, -0.25) is 4.57 Å². The Morgan fingerprint density at radius 3 is 2.86 bits per heavy atom. The number of aromatic nitrogens is 2. The van der Waals surface area contributed by atoms with Crippen molar-refractivity contribution in [3.8, 4) is 5.69 Å². The van der Waals surface area contributed by atoms with E-state index in [0.29, 0.717) is 0 Å². The normalized spacial score (nSPS) is 10.9. The van der Waals surface area contributed by atoms with E-state index in [4.69, 9.17) is 4.74 Å². The second-order valence-corrected chi connectivity index (χ2v) is 4.98. The van der Waals surface area contributed by atoms with Gasteiger partial charge in [0.05, 0.1) is 11.4 Å². The highest BCUT2D eigenvalue weighted by atomic mass is 19.1. The number of benzene rings is 1. The van der Waals surface area contributed by atoms with Crippen molar-refractivity contribution < 1.29 is 9.13 Å². The lowest BCUT2D eigenvalue weighted by molar-refractivity contribution is 0.147. The van der Waals surface area contributed by atoms with Crippen LogP contribution in [0.1, 0.15) is 24.6 Å². The van der Waals surface area contributed by atoms with Gasteiger partial charge >= 0.3 is 0 Å². The van der Waals surface area contributed by atoms with Crippen LogP contribution in [0, 0.1) is 19.7 Å². The van der Waals surface area contributed by atoms with E-state index in [0.717, 1.165) is 49.1 Å². The van der Waals surface area contributed by atoms with Crippen LogP contribution in [0.3, 0.4) is 0 Å². The highest BCUT2D eigenvalue weighted by molar-refractivity contribution is 5.47. The number of hydrogen-bond acceptors (Lipinski definition) is 3. The van der Waals surface area contributed by atoms with Crippen LogP contribution in [0.2, 0.25) is 0 Å². The molecule has 0 aliphatic heterocycles. The van der Waals surface area contributed by atoms with Gasteiger partial charge in [0.15, 0.2) is 0 Å². The van der Waals surface area contributed by atoms with Crippen LogP contribution < -0.4 is 5.32 Å². The van der Waals surface area contributed by atoms with Crippen molar-refractivity contribution in [2.45, 2.75) is 27.2 Å². The van der Waals surface area contributed by atoms with Crippen LogP contribution >= 0.6 is 0 Å². The van der Waals surface area contributed by atoms with Crippen LogP contribution in [0.4, 0.5) is 10.3 Å². The number of hydrogen-bond donors (Lipinski definition) is 1. The molecule has 0 aliphatic rings. The van der Waals surface area contributed by atoms with E-state index < -0.39 is 0 Å². The third-order valence-corrected chi connectivity index (χ3v) is 3.20. The molecule has 1 N–H and O–H groups in total. The Balaban J connectivity index is 2.13. The SMILES string of the molecule is CCOCCCNc1nc(C)cn1-c1ccc(F)cc1C. The highest BCUT2D eigenvalue weighted by Crippen LogP contribution is 2.20. The quantitative estimate of drug-likeness (QED) is 0.794. The van der Waals surface area contributed by atoms with Gasteiger partial charge in [-0.05, 0) is 51.0 Å². The summed E-state index contributed by atoms with van der Waals surface area (Å²) in [6, 6.07) is 4.78. The Labute approximate surface area is 125 Å². The fourth-order valence-electron chi connectivity index (χ4n) is 2.21. The Bertz CT molecular complexity index is 595. The minimum Gasteiger partial charge on any atom is -0.382 e. The van der Waals surface area contributed by atoms with Crippen LogP contribution in [-0.2, 0) is 4.74 Å². The first kappa shape index (κ1) is 15.5. The average Bonchev–Trinajstić information content (AvgIpc) is 2.79. The van der Waals surface area contributed by atoms with Gasteiger partial charge < -0.3 is 10.1 Å². The number of rotatable bonds is 7. The lowest BCUT2D eigenvalue weighted by Gasteiger charge is -2.12. The molecule has 0 saturated carbocycles. The van der Waals surface area contributed by atoms with Gasteiger partial charge in [0.2, 0.25) is 5.95 Å². The second kappa shape index (κ2) is 7.22. The molecular formula is C16H22FN3O. The maximum atomic E-state index is 13.2. The number of halogens is 1. The second-order valence-electron chi connectivity index (χ2n) is 4.98. The molecule has 5 heteroatoms. The molecule has 0 fully saturated rings. The summed E-state index contributed by atoms with van der Waals surface area (Å²) in [4.78, 5) is 4.49. The van der Waals surface area contributed by atoms with Crippen LogP contribution in [0.15, 0.2) is 24.4 Å². The standard InChI is InChI=1S/C16H22FN3O/c1-4-21-9-5-8-18-16-19-13(3)11-20(16)15-7-6-14(17)10-12(15)2/h6-7,10-11H,4-5,8-9H2,1-3H3,(H,18,19). The molecule has 2 rings (SSSR count). The lowest BCUT2D eigenvalue weighted by Crippen LogP contribution is -2.10. The summed E-state index contributed by atoms with van der Waals surface area (Å²) in [6.45, 7) is 8.09. The van der Waals surface area contributed by atoms with E-state index in [2.05, 4.69) is 10.3 Å². The molecule has 0 saturated heterocycles. The van der Waals surface area contributed by atoms with Gasteiger partial charge in [0.25, 0.3) is 0 Å². The van der Waals surface area contributed by atoms with E-state index in [-0.39, 0.29) is 5.82 Å². The van der Waals surface area contributed by atoms with Gasteiger partial charge in [-0.15, -0.1) is 0 Å². The lowest BCUT2D eigenvalue weighted by atomic mass is 10.2. The summed E-state index contributed by atoms with van der Waals surface area (Å²) in [5.74, 6) is 0.554. The third-order valence-electron chi connectivity index (χ3n) is 3.20. The van der Waals surface area contributed by atoms with Gasteiger partial charge in [0, 0.05) is 26.0 Å². The molecule has 2 aromatic rings. The zero-order valence-corrected chi connectivity index (χ0v) is 12.8. The van der Waals surface area contributed by atoms with Gasteiger partial charge in [-0.2, -0.15) is 0 Å². The third kappa shape index (κ3) is 4.04. The number of ether oxygens (including phenoxy) is 1. The molecule has 21 heavy (non-hydrogen) atoms. The van der Waals surface area contributed by atoms with Crippen molar-refractivity contribution >= 4 is 5.95 Å². The maximum Gasteiger partial charge on any atom is 0.207 e. The molecule has 114 valence electrons. The largest absolute Gasteiger partial charge is 0.382 e. The fraction of sp³-hybridized carbons (Fsp3) is 0.438. The number of nitrogens with one attached hydrogen (secondary N) is 1. The molecule has 0 atom stereocenters. The topological polar surface area (TPSA) is 39.1 Å². The smallest absolute Gasteiger partial charge is 0.207 e. The van der Waals surface area contributed by atoms with Gasteiger partial charge in [-0.25, -0.2) is 9.37 Å². The van der Waals surface area contributed by atoms with Crippen LogP contribution in [-0.4, -0.2) is 29.3 Å². The van der Waals surface area contributed by atoms with E-state index in [1.165, 1.54) is 12.1 Å². The maximum absolute atomic E-state index is 13.2. The van der Waals surface area contributed by atoms with Crippen molar-refractivity contribution in [1.82, 2.24) is 9.55 Å². The average molecular weight is 291 g/mol. The van der Waals surface area contributed by atoms with E-state index in [1.807, 2.05) is 31.5 Å². The van der Waals surface area contributed by atoms with E-state index >= 15 is 0 Å². The van der Waals surface area contributed by atoms with E-state index in [9.17, 15) is 4.39 Å². The van der Waals surface area contributed by atoms with E-state index in [1.54, 1.807) is 6.07 Å². The summed E-state index contributed by atoms with van der Waals surface area (Å²) in [6.07, 6.45) is 2.87. The number of imidazole rings is 1. The van der Waals surface area contributed by atoms with Crippen molar-refractivity contribution in [2.24, 2.45) is 0 Å². The fourth-order valence-corrected chi connectivity index (χ4v) is 2.21. The predicted octanol–water partition coefficient (Wildman–Crippen LogP) is 3.47. The Kier molecular flexibility index (Phi) is 5.33. The first-order valence-corrected chi connectivity index (χ1v) is 7.26. The summed E-state index contributed by atoms with van der Waals surface area (Å²) in [5, 5.41) is 3.31. The molecule has 0 radical (unpaired) electrons. The first-order valence-electron chi connectivity index (χ1n) is 7.26. The number of anilines is 1. The minimum absolute atomic E-state index is 0.223. The molecular weight excluding hydrogens is 269 g/mol. The molecule has 0 unspecified atom stereocenters. The Hall–Kier alpha value is -1.88. The summed E-state index contributed by atoms with van der Waals surface area (Å²) < 4.78 is 20.5. The number of aryl methyl sites for hydroxylation is 2. The van der Waals surface area contributed by atoms with Crippen molar-refractivity contribution in [3.05, 3.63) is 41.5 Å². The molecule has 0 spiro atoms. The Morgan fingerprint density at radius 2 is 2.14 bits per heavy atom.